The van der Waals surface area contributed by atoms with Crippen molar-refractivity contribution in [3.63, 3.8) is 0 Å². The molecule has 0 aliphatic heterocycles. The highest BCUT2D eigenvalue weighted by atomic mass is 32.3. The van der Waals surface area contributed by atoms with Gasteiger partial charge in [0.15, 0.2) is 22.3 Å². The molecule has 0 spiro atoms. The van der Waals surface area contributed by atoms with E-state index in [1.54, 1.807) is 0 Å². The molecule has 20 heteroatoms. The zero-order valence-electron chi connectivity index (χ0n) is 13.7. The Kier molecular flexibility index (Phi) is 6.79. The van der Waals surface area contributed by atoms with Gasteiger partial charge in [-0.2, -0.15) is 61.1 Å². The van der Waals surface area contributed by atoms with Crippen LogP contribution in [0.2, 0.25) is 0 Å². The Morgan fingerprint density at radius 3 is 1.47 bits per heavy atom. The third-order valence-electron chi connectivity index (χ3n) is 3.21. The van der Waals surface area contributed by atoms with Gasteiger partial charge in [-0.1, -0.05) is 0 Å². The van der Waals surface area contributed by atoms with E-state index in [2.05, 4.69) is 4.74 Å². The molecule has 0 bridgehead atoms. The van der Waals surface area contributed by atoms with Crippen molar-refractivity contribution in [1.29, 1.82) is 0 Å². The Balaban J connectivity index is 3.78. The molecule has 0 amide bonds. The summed E-state index contributed by atoms with van der Waals surface area (Å²) in [5, 5.41) is 0. The first-order valence-corrected chi connectivity index (χ1v) is 8.07. The Morgan fingerprint density at radius 2 is 1.09 bits per heavy atom. The molecule has 0 saturated carbocycles. The van der Waals surface area contributed by atoms with Crippen molar-refractivity contribution >= 4 is 10.2 Å². The van der Waals surface area contributed by atoms with Gasteiger partial charge in [0.05, 0.1) is 0 Å². The van der Waals surface area contributed by atoms with Crippen molar-refractivity contribution in [2.24, 2.45) is 0 Å². The van der Waals surface area contributed by atoms with Crippen LogP contribution in [0.1, 0.15) is 0 Å². The average molecular weight is 528 g/mol. The maximum absolute atomic E-state index is 13.5. The van der Waals surface area contributed by atoms with E-state index in [0.717, 1.165) is 0 Å². The fraction of sp³-hybridized carbons (Fsp3) is 0.333. The van der Waals surface area contributed by atoms with E-state index in [9.17, 15) is 78.2 Å². The van der Waals surface area contributed by atoms with E-state index in [1.165, 1.54) is 0 Å². The fourth-order valence-corrected chi connectivity index (χ4v) is 2.33. The fourth-order valence-electron chi connectivity index (χ4n) is 1.67. The zero-order chi connectivity index (χ0) is 25.8. The third-order valence-corrected chi connectivity index (χ3v) is 4.06. The van der Waals surface area contributed by atoms with E-state index in [0.29, 0.717) is 0 Å². The number of alkyl halides is 9. The average Bonchev–Trinajstić information content (AvgIpc) is 2.61. The molecule has 0 atom stereocenters. The van der Waals surface area contributed by atoms with Gasteiger partial charge in [-0.05, 0) is 0 Å². The highest BCUT2D eigenvalue weighted by Gasteiger charge is 2.83. The van der Waals surface area contributed by atoms with Crippen molar-refractivity contribution in [3.8, 4) is 5.75 Å². The number of allylic oxidation sites excluding steroid dienone is 1. The van der Waals surface area contributed by atoms with E-state index in [1.807, 2.05) is 0 Å². The van der Waals surface area contributed by atoms with Crippen LogP contribution in [0.4, 0.5) is 69.7 Å². The van der Waals surface area contributed by atoms with E-state index in [-0.39, 0.29) is 0 Å². The molecule has 0 fully saturated rings. The van der Waals surface area contributed by atoms with Gasteiger partial charge in [0.25, 0.3) is 0 Å². The highest BCUT2D eigenvalue weighted by molar-refractivity contribution is 7.86. The quantitative estimate of drug-likeness (QED) is 0.153. The summed E-state index contributed by atoms with van der Waals surface area (Å²) in [5.41, 5.74) is 0. The summed E-state index contributed by atoms with van der Waals surface area (Å²) in [6.45, 7) is 0. The number of rotatable bonds is 6. The summed E-state index contributed by atoms with van der Waals surface area (Å²) in [5.74, 6) is -44.0. The van der Waals surface area contributed by atoms with Crippen molar-refractivity contribution in [2.45, 2.75) is 28.8 Å². The van der Waals surface area contributed by atoms with E-state index < -0.39 is 79.9 Å². The van der Waals surface area contributed by atoms with Crippen LogP contribution in [0.5, 0.6) is 5.75 Å². The number of hydrogen-bond acceptors (Lipinski definition) is 3. The second-order valence-corrected chi connectivity index (χ2v) is 6.55. The van der Waals surface area contributed by atoms with Gasteiger partial charge in [-0.25, -0.2) is 13.2 Å². The molecule has 0 radical (unpaired) electrons. The first-order valence-electron chi connectivity index (χ1n) is 6.68. The second kappa shape index (κ2) is 7.87. The lowest BCUT2D eigenvalue weighted by Gasteiger charge is -2.32. The van der Waals surface area contributed by atoms with Gasteiger partial charge in [-0.15, -0.1) is 3.89 Å². The Bertz CT molecular complexity index is 1060. The van der Waals surface area contributed by atoms with Crippen LogP contribution in [0.25, 0.3) is 0 Å². The summed E-state index contributed by atoms with van der Waals surface area (Å²) in [4.78, 5) is -3.19. The number of ether oxygens (including phenoxy) is 1. The lowest BCUT2D eigenvalue weighted by Crippen LogP contribution is -2.61. The molecule has 184 valence electrons. The molecule has 0 aliphatic rings. The molecule has 0 unspecified atom stereocenters. The highest BCUT2D eigenvalue weighted by Crippen LogP contribution is 2.56. The van der Waals surface area contributed by atoms with Gasteiger partial charge >= 0.3 is 40.2 Å². The minimum Gasteiger partial charge on any atom is -0.425 e. The van der Waals surface area contributed by atoms with Crippen LogP contribution >= 0.6 is 0 Å². The monoisotopic (exact) mass is 528 g/mol. The third kappa shape index (κ3) is 4.15. The molecule has 1 aromatic carbocycles. The topological polar surface area (TPSA) is 43.4 Å². The lowest BCUT2D eigenvalue weighted by atomic mass is 10.0. The molecule has 1 aromatic rings. The largest absolute Gasteiger partial charge is 0.460 e. The van der Waals surface area contributed by atoms with Gasteiger partial charge in [0, 0.05) is 0 Å². The van der Waals surface area contributed by atoms with Crippen molar-refractivity contribution < 1.29 is 82.9 Å². The molecule has 0 N–H and O–H groups in total. The normalized spacial score (nSPS) is 15.0. The van der Waals surface area contributed by atoms with Gasteiger partial charge < -0.3 is 4.74 Å². The van der Waals surface area contributed by atoms with Crippen LogP contribution in [-0.2, 0) is 10.2 Å². The lowest BCUT2D eigenvalue weighted by molar-refractivity contribution is -0.392. The first-order chi connectivity index (χ1) is 13.9. The van der Waals surface area contributed by atoms with Gasteiger partial charge in [0.2, 0.25) is 17.5 Å². The van der Waals surface area contributed by atoms with E-state index >= 15 is 0 Å². The maximum atomic E-state index is 13.5. The van der Waals surface area contributed by atoms with Crippen LogP contribution < -0.4 is 4.74 Å². The van der Waals surface area contributed by atoms with Crippen molar-refractivity contribution in [1.82, 2.24) is 0 Å². The van der Waals surface area contributed by atoms with Crippen LogP contribution in [0, 0.1) is 23.3 Å². The van der Waals surface area contributed by atoms with Crippen LogP contribution in [0.15, 0.2) is 16.7 Å². The number of benzene rings is 1. The smallest absolute Gasteiger partial charge is 0.425 e. The minimum atomic E-state index is -7.85. The molecule has 0 aliphatic carbocycles. The predicted molar refractivity (Wildman–Crippen MR) is 65.3 cm³/mol. The molecular formula is C12F16O3S. The number of halogens is 16. The summed E-state index contributed by atoms with van der Waals surface area (Å²) >= 11 is 0. The summed E-state index contributed by atoms with van der Waals surface area (Å²) in [6, 6.07) is -4.19. The van der Waals surface area contributed by atoms with Gasteiger partial charge in [-0.3, -0.25) is 0 Å². The summed E-state index contributed by atoms with van der Waals surface area (Å²) < 4.78 is 230. The molecule has 0 heterocycles. The predicted octanol–water partition coefficient (Wildman–Crippen LogP) is 5.86. The molecule has 1 rings (SSSR count). The molecule has 3 nitrogen and oxygen atoms in total. The molecule has 32 heavy (non-hydrogen) atoms. The van der Waals surface area contributed by atoms with Crippen LogP contribution in [0.3, 0.4) is 0 Å². The standard InChI is InChI=1S/C12F16O3S/c13-1-2(14)4(16)6(32(28,29)30)5(3(1)15)31-8(18)7(17)9(19,20)10(21,22)11(23,24)12(25,26)27. The Hall–Kier alpha value is -2.41. The summed E-state index contributed by atoms with van der Waals surface area (Å²) in [7, 11) is -6.87. The Labute approximate surface area is 164 Å². The van der Waals surface area contributed by atoms with Crippen LogP contribution in [-0.4, -0.2) is 32.4 Å². The summed E-state index contributed by atoms with van der Waals surface area (Å²) in [6.07, 6.45) is -7.50. The number of hydrogen-bond donors (Lipinski definition) is 0. The van der Waals surface area contributed by atoms with Gasteiger partial charge in [0.1, 0.15) is 0 Å². The molecule has 0 aromatic heterocycles. The first kappa shape index (κ1) is 27.6. The zero-order valence-corrected chi connectivity index (χ0v) is 14.5. The van der Waals surface area contributed by atoms with E-state index in [4.69, 9.17) is 0 Å². The van der Waals surface area contributed by atoms with Crippen molar-refractivity contribution in [3.05, 3.63) is 35.1 Å². The second-order valence-electron chi connectivity index (χ2n) is 5.26. The minimum absolute atomic E-state index is 2.82. The maximum Gasteiger partial charge on any atom is 0.460 e. The van der Waals surface area contributed by atoms with Crippen molar-refractivity contribution in [2.75, 3.05) is 0 Å². The molecule has 0 saturated heterocycles. The SMILES string of the molecule is O=S(=O)(F)c1c(F)c(F)c(F)c(F)c1OC(F)=C(F)C(F)(F)C(F)(F)C(F)(F)C(F)(F)F. The Morgan fingerprint density at radius 1 is 0.688 bits per heavy atom. The molecular weight excluding hydrogens is 528 g/mol.